The predicted molar refractivity (Wildman–Crippen MR) is 430 cm³/mol. The van der Waals surface area contributed by atoms with E-state index < -0.39 is 32.5 Å². The zero-order valence-electron chi connectivity index (χ0n) is 61.1. The molecule has 0 amide bonds. The zero-order chi connectivity index (χ0) is 71.5. The Balaban J connectivity index is 4.17. The van der Waals surface area contributed by atoms with Crippen molar-refractivity contribution >= 4 is 19.8 Å². The monoisotopic (exact) mass is 1370 g/mol. The standard InChI is InChI=1S/C89H130NO8P/c1-3-5-7-9-11-13-15-17-19-21-23-25-27-29-31-33-35-37-39-41-43-45-47-49-51-53-55-57-59-61-63-65-67-69-71-73-75-77-79-81-88(91)95-85-87(86-97-99(93,94)96-84-83-90)98-89(92)82-80-78-76-74-72-70-68-66-64-62-60-58-56-54-52-50-48-46-44-42-40-38-36-34-32-30-28-26-24-22-20-18-16-14-12-10-8-6-4-2/h5-8,11-14,17-20,23-26,29-32,35-38,41-44,47-50,53-56,59-62,65-68,71-74,87H,3-4,9-10,15-16,21-22,27-28,33-34,39-40,45-46,51-52,57-58,63-64,69-70,75-86,90H2,1-2H3,(H,93,94)/b7-5-,8-6-,13-11-,14-12-,19-17-,20-18-,25-23-,26-24-,31-29-,32-30-,37-35-,38-36-,43-41-,44-42-,49-47-,50-48-,55-53-,56-54-,61-59-,62-60-,67-65-,68-66-,73-71-,74-72-. The highest BCUT2D eigenvalue weighted by Crippen LogP contribution is 2.43. The maximum absolute atomic E-state index is 12.8. The van der Waals surface area contributed by atoms with Crippen molar-refractivity contribution in [2.45, 2.75) is 225 Å². The summed E-state index contributed by atoms with van der Waals surface area (Å²) in [6, 6.07) is 0. The Hall–Kier alpha value is -7.23. The molecule has 0 aromatic heterocycles. The molecule has 2 atom stereocenters. The number of phosphoric ester groups is 1. The maximum Gasteiger partial charge on any atom is 0.472 e. The molecule has 0 bridgehead atoms. The second-order valence-electron chi connectivity index (χ2n) is 23.0. The lowest BCUT2D eigenvalue weighted by Crippen LogP contribution is -2.29. The van der Waals surface area contributed by atoms with E-state index in [0.717, 1.165) is 180 Å². The molecule has 0 saturated carbocycles. The van der Waals surface area contributed by atoms with Crippen molar-refractivity contribution in [3.63, 3.8) is 0 Å². The van der Waals surface area contributed by atoms with Crippen LogP contribution in [-0.2, 0) is 32.7 Å². The molecule has 10 heteroatoms. The Morgan fingerprint density at radius 2 is 0.515 bits per heavy atom. The molecule has 0 saturated heterocycles. The minimum atomic E-state index is -4.44. The highest BCUT2D eigenvalue weighted by molar-refractivity contribution is 7.47. The second-order valence-corrected chi connectivity index (χ2v) is 24.4. The van der Waals surface area contributed by atoms with Gasteiger partial charge in [0.2, 0.25) is 0 Å². The first-order valence-electron chi connectivity index (χ1n) is 37.1. The van der Waals surface area contributed by atoms with E-state index in [9.17, 15) is 19.0 Å². The van der Waals surface area contributed by atoms with Gasteiger partial charge in [-0.25, -0.2) is 4.57 Å². The largest absolute Gasteiger partial charge is 0.472 e. The van der Waals surface area contributed by atoms with Gasteiger partial charge in [-0.3, -0.25) is 18.6 Å². The van der Waals surface area contributed by atoms with E-state index in [2.05, 4.69) is 305 Å². The summed E-state index contributed by atoms with van der Waals surface area (Å²) in [5.41, 5.74) is 5.39. The van der Waals surface area contributed by atoms with Crippen LogP contribution >= 0.6 is 7.82 Å². The highest BCUT2D eigenvalue weighted by atomic mass is 31.2. The summed E-state index contributed by atoms with van der Waals surface area (Å²) >= 11 is 0. The lowest BCUT2D eigenvalue weighted by atomic mass is 10.1. The Morgan fingerprint density at radius 1 is 0.303 bits per heavy atom. The average molecular weight is 1370 g/mol. The number of unbranched alkanes of at least 4 members (excludes halogenated alkanes) is 4. The number of phosphoric acid groups is 1. The summed E-state index contributed by atoms with van der Waals surface area (Å²) in [6.45, 7) is 3.36. The fraction of sp³-hybridized carbons (Fsp3) is 0.438. The molecule has 2 unspecified atom stereocenters. The molecule has 0 rings (SSSR count). The molecule has 0 aromatic carbocycles. The molecule has 9 nitrogen and oxygen atoms in total. The number of ether oxygens (including phenoxy) is 2. The topological polar surface area (TPSA) is 134 Å². The van der Waals surface area contributed by atoms with Crippen molar-refractivity contribution in [3.05, 3.63) is 292 Å². The van der Waals surface area contributed by atoms with Gasteiger partial charge in [-0.1, -0.05) is 305 Å². The van der Waals surface area contributed by atoms with Crippen LogP contribution < -0.4 is 5.73 Å². The van der Waals surface area contributed by atoms with Gasteiger partial charge in [-0.15, -0.1) is 0 Å². The van der Waals surface area contributed by atoms with Crippen LogP contribution in [0.2, 0.25) is 0 Å². The third kappa shape index (κ3) is 79.6. The Kier molecular flexibility index (Phi) is 73.9. The minimum absolute atomic E-state index is 0.0232. The fourth-order valence-corrected chi connectivity index (χ4v) is 9.36. The third-order valence-electron chi connectivity index (χ3n) is 14.0. The van der Waals surface area contributed by atoms with Crippen molar-refractivity contribution in [1.29, 1.82) is 0 Å². The van der Waals surface area contributed by atoms with Crippen molar-refractivity contribution < 1.29 is 37.6 Å². The summed E-state index contributed by atoms with van der Waals surface area (Å²) in [4.78, 5) is 35.4. The molecule has 0 fully saturated rings. The van der Waals surface area contributed by atoms with Gasteiger partial charge in [0.1, 0.15) is 6.61 Å². The fourth-order valence-electron chi connectivity index (χ4n) is 8.60. The Labute approximate surface area is 603 Å². The average Bonchev–Trinajstić information content (AvgIpc) is 1.52. The van der Waals surface area contributed by atoms with Crippen molar-refractivity contribution in [3.8, 4) is 0 Å². The van der Waals surface area contributed by atoms with Crippen LogP contribution in [0.15, 0.2) is 292 Å². The molecule has 0 aliphatic heterocycles. The molecule has 544 valence electrons. The van der Waals surface area contributed by atoms with Crippen LogP contribution in [0.5, 0.6) is 0 Å². The van der Waals surface area contributed by atoms with E-state index in [1.165, 1.54) is 0 Å². The molecule has 0 heterocycles. The SMILES string of the molecule is CC/C=C\C/C=C\C/C=C\C/C=C\C/C=C\C/C=C\C/C=C\C/C=C\C/C=C\C/C=C\C/C=C\C/C=C\CCCCC(=O)OCC(COP(=O)(O)OCCN)OC(=O)CCCC/C=C\C/C=C\C/C=C\C/C=C\C/C=C\C/C=C\C/C=C\C/C=C\C/C=C\C/C=C\C/C=C\C/C=C\CC. The third-order valence-corrected chi connectivity index (χ3v) is 15.0. The number of esters is 2. The summed E-state index contributed by atoms with van der Waals surface area (Å²) in [6.07, 6.45) is 133. The molecular formula is C89H130NO8P. The molecule has 99 heavy (non-hydrogen) atoms. The van der Waals surface area contributed by atoms with Crippen LogP contribution in [0.1, 0.15) is 219 Å². The minimum Gasteiger partial charge on any atom is -0.462 e. The number of rotatable bonds is 65. The Bertz CT molecular complexity index is 2730. The quantitative estimate of drug-likeness (QED) is 0.0264. The van der Waals surface area contributed by atoms with E-state index >= 15 is 0 Å². The van der Waals surface area contributed by atoms with Crippen LogP contribution in [0, 0.1) is 0 Å². The highest BCUT2D eigenvalue weighted by Gasteiger charge is 2.26. The smallest absolute Gasteiger partial charge is 0.462 e. The van der Waals surface area contributed by atoms with E-state index in [4.69, 9.17) is 24.3 Å². The summed E-state index contributed by atoms with van der Waals surface area (Å²) in [5, 5.41) is 0. The first kappa shape index (κ1) is 91.8. The van der Waals surface area contributed by atoms with Crippen LogP contribution in [-0.4, -0.2) is 49.3 Å². The molecule has 3 N–H and O–H groups in total. The molecule has 0 aromatic rings. The predicted octanol–water partition coefficient (Wildman–Crippen LogP) is 25.4. The summed E-state index contributed by atoms with van der Waals surface area (Å²) in [7, 11) is -4.44. The zero-order valence-corrected chi connectivity index (χ0v) is 62.0. The van der Waals surface area contributed by atoms with Crippen LogP contribution in [0.25, 0.3) is 0 Å². The molecule has 0 spiro atoms. The summed E-state index contributed by atoms with van der Waals surface area (Å²) < 4.78 is 33.1. The Morgan fingerprint density at radius 3 is 0.737 bits per heavy atom. The first-order valence-corrected chi connectivity index (χ1v) is 38.6. The normalized spacial score (nSPS) is 14.6. The van der Waals surface area contributed by atoms with Crippen LogP contribution in [0.4, 0.5) is 0 Å². The molecule has 0 aliphatic carbocycles. The molecular weight excluding hydrogens is 1240 g/mol. The van der Waals surface area contributed by atoms with Crippen molar-refractivity contribution in [1.82, 2.24) is 0 Å². The number of allylic oxidation sites excluding steroid dienone is 48. The van der Waals surface area contributed by atoms with E-state index in [1.807, 2.05) is 0 Å². The van der Waals surface area contributed by atoms with Gasteiger partial charge in [0.05, 0.1) is 13.2 Å². The van der Waals surface area contributed by atoms with Crippen LogP contribution in [0.3, 0.4) is 0 Å². The van der Waals surface area contributed by atoms with Gasteiger partial charge < -0.3 is 20.1 Å². The van der Waals surface area contributed by atoms with Crippen molar-refractivity contribution in [2.24, 2.45) is 5.73 Å². The maximum atomic E-state index is 12.8. The number of hydrogen-bond donors (Lipinski definition) is 2. The summed E-state index contributed by atoms with van der Waals surface area (Å²) in [5.74, 6) is -0.958. The number of carbonyl (C=O) groups is 2. The van der Waals surface area contributed by atoms with Gasteiger partial charge in [0.15, 0.2) is 6.10 Å². The number of carbonyl (C=O) groups excluding carboxylic acids is 2. The van der Waals surface area contributed by atoms with Gasteiger partial charge in [0, 0.05) is 19.4 Å². The van der Waals surface area contributed by atoms with Gasteiger partial charge >= 0.3 is 19.8 Å². The van der Waals surface area contributed by atoms with E-state index in [0.29, 0.717) is 12.8 Å². The molecule has 0 radical (unpaired) electrons. The first-order chi connectivity index (χ1) is 48.8. The number of nitrogens with two attached hydrogens (primary N) is 1. The lowest BCUT2D eigenvalue weighted by Gasteiger charge is -2.19. The van der Waals surface area contributed by atoms with Crippen molar-refractivity contribution in [2.75, 3.05) is 26.4 Å². The van der Waals surface area contributed by atoms with Gasteiger partial charge in [-0.2, -0.15) is 0 Å². The molecule has 0 aliphatic rings. The van der Waals surface area contributed by atoms with Gasteiger partial charge in [-0.05, 0) is 193 Å². The second kappa shape index (κ2) is 79.8. The van der Waals surface area contributed by atoms with E-state index in [-0.39, 0.29) is 32.6 Å². The van der Waals surface area contributed by atoms with Gasteiger partial charge in [0.25, 0.3) is 0 Å². The van der Waals surface area contributed by atoms with E-state index in [1.54, 1.807) is 0 Å². The lowest BCUT2D eigenvalue weighted by molar-refractivity contribution is -0.161. The number of hydrogen-bond acceptors (Lipinski definition) is 8.